The molecule has 3 N–H and O–H groups in total. The zero-order valence-electron chi connectivity index (χ0n) is 9.35. The molecule has 1 unspecified atom stereocenters. The first-order valence-corrected chi connectivity index (χ1v) is 5.59. The lowest BCUT2D eigenvalue weighted by Crippen LogP contribution is -2.20. The van der Waals surface area contributed by atoms with E-state index in [1.807, 2.05) is 17.7 Å². The van der Waals surface area contributed by atoms with Crippen LogP contribution < -0.4 is 5.73 Å². The number of carbonyl (C=O) groups is 1. The maximum atomic E-state index is 11.0. The van der Waals surface area contributed by atoms with Crippen LogP contribution in [0.25, 0.3) is 10.9 Å². The fraction of sp³-hybridized carbons (Fsp3) is 0.250. The molecule has 2 rings (SSSR count). The number of carboxylic acid groups (broad SMARTS) is 1. The van der Waals surface area contributed by atoms with Crippen LogP contribution in [0, 0.1) is 0 Å². The van der Waals surface area contributed by atoms with Gasteiger partial charge in [-0.1, -0.05) is 17.7 Å². The van der Waals surface area contributed by atoms with Gasteiger partial charge in [-0.05, 0) is 17.7 Å². The van der Waals surface area contributed by atoms with Gasteiger partial charge in [0.2, 0.25) is 0 Å². The highest BCUT2D eigenvalue weighted by Gasteiger charge is 2.19. The molecule has 17 heavy (non-hydrogen) atoms. The standard InChI is InChI=1S/C12H13ClN2O2/c1-15-6-10(13)8-4-7(2-3-11(8)15)9(5-14)12(16)17/h2-4,6,9H,5,14H2,1H3,(H,16,17). The molecule has 0 amide bonds. The summed E-state index contributed by atoms with van der Waals surface area (Å²) in [6, 6.07) is 5.44. The van der Waals surface area contributed by atoms with Crippen LogP contribution in [-0.4, -0.2) is 22.2 Å². The smallest absolute Gasteiger partial charge is 0.312 e. The van der Waals surface area contributed by atoms with Gasteiger partial charge in [-0.3, -0.25) is 4.79 Å². The highest BCUT2D eigenvalue weighted by molar-refractivity contribution is 6.35. The Hall–Kier alpha value is -1.52. The van der Waals surface area contributed by atoms with Gasteiger partial charge in [0.1, 0.15) is 0 Å². The molecule has 1 heterocycles. The Balaban J connectivity index is 2.57. The Labute approximate surface area is 104 Å². The normalized spacial score (nSPS) is 12.9. The van der Waals surface area contributed by atoms with Gasteiger partial charge >= 0.3 is 5.97 Å². The fourth-order valence-electron chi connectivity index (χ4n) is 1.96. The quantitative estimate of drug-likeness (QED) is 0.877. The van der Waals surface area contributed by atoms with Gasteiger partial charge in [-0.2, -0.15) is 0 Å². The number of nitrogens with two attached hydrogens (primary N) is 1. The number of carboxylic acids is 1. The van der Waals surface area contributed by atoms with Gasteiger partial charge in [-0.25, -0.2) is 0 Å². The molecule has 5 heteroatoms. The largest absolute Gasteiger partial charge is 0.481 e. The lowest BCUT2D eigenvalue weighted by atomic mass is 9.98. The summed E-state index contributed by atoms with van der Waals surface area (Å²) in [5.41, 5.74) is 7.13. The van der Waals surface area contributed by atoms with Crippen molar-refractivity contribution in [3.05, 3.63) is 35.0 Å². The molecule has 0 saturated carbocycles. The van der Waals surface area contributed by atoms with Crippen molar-refractivity contribution in [1.82, 2.24) is 4.57 Å². The van der Waals surface area contributed by atoms with Crippen molar-refractivity contribution < 1.29 is 9.90 Å². The Morgan fingerprint density at radius 1 is 1.59 bits per heavy atom. The SMILES string of the molecule is Cn1cc(Cl)c2cc(C(CN)C(=O)O)ccc21. The number of nitrogens with zero attached hydrogens (tertiary/aromatic N) is 1. The van der Waals surface area contributed by atoms with Gasteiger partial charge in [0, 0.05) is 30.7 Å². The van der Waals surface area contributed by atoms with E-state index in [0.29, 0.717) is 10.6 Å². The van der Waals surface area contributed by atoms with E-state index in [9.17, 15) is 4.79 Å². The average Bonchev–Trinajstić information content (AvgIpc) is 2.55. The molecule has 0 saturated heterocycles. The Morgan fingerprint density at radius 3 is 2.88 bits per heavy atom. The monoisotopic (exact) mass is 252 g/mol. The third-order valence-electron chi connectivity index (χ3n) is 2.90. The Morgan fingerprint density at radius 2 is 2.29 bits per heavy atom. The van der Waals surface area contributed by atoms with Gasteiger partial charge in [0.15, 0.2) is 0 Å². The highest BCUT2D eigenvalue weighted by Crippen LogP contribution is 2.28. The van der Waals surface area contributed by atoms with E-state index in [0.717, 1.165) is 10.9 Å². The van der Waals surface area contributed by atoms with Crippen LogP contribution in [0.4, 0.5) is 0 Å². The Kier molecular flexibility index (Phi) is 3.09. The van der Waals surface area contributed by atoms with E-state index in [1.165, 1.54) is 0 Å². The number of hydrogen-bond acceptors (Lipinski definition) is 2. The molecule has 1 aromatic carbocycles. The summed E-state index contributed by atoms with van der Waals surface area (Å²) in [7, 11) is 1.89. The minimum atomic E-state index is -0.918. The summed E-state index contributed by atoms with van der Waals surface area (Å²) in [6.45, 7) is 0.0747. The molecule has 90 valence electrons. The Bertz CT molecular complexity index is 577. The van der Waals surface area contributed by atoms with E-state index in [4.69, 9.17) is 22.4 Å². The molecule has 0 bridgehead atoms. The lowest BCUT2D eigenvalue weighted by Gasteiger charge is -2.10. The number of halogens is 1. The summed E-state index contributed by atoms with van der Waals surface area (Å²) in [5, 5.41) is 10.5. The van der Waals surface area contributed by atoms with Crippen LogP contribution in [0.1, 0.15) is 11.5 Å². The van der Waals surface area contributed by atoms with Crippen molar-refractivity contribution in [3.63, 3.8) is 0 Å². The number of benzene rings is 1. The zero-order chi connectivity index (χ0) is 12.6. The molecule has 0 spiro atoms. The zero-order valence-corrected chi connectivity index (χ0v) is 10.1. The molecule has 0 aliphatic heterocycles. The predicted octanol–water partition coefficient (Wildman–Crippen LogP) is 1.96. The first kappa shape index (κ1) is 12.0. The number of hydrogen-bond donors (Lipinski definition) is 2. The van der Waals surface area contributed by atoms with Crippen molar-refractivity contribution in [2.45, 2.75) is 5.92 Å². The van der Waals surface area contributed by atoms with Crippen molar-refractivity contribution in [1.29, 1.82) is 0 Å². The molecular weight excluding hydrogens is 240 g/mol. The van der Waals surface area contributed by atoms with Crippen LogP contribution >= 0.6 is 11.6 Å². The molecule has 1 aromatic heterocycles. The summed E-state index contributed by atoms with van der Waals surface area (Å²) in [5.74, 6) is -1.60. The first-order valence-electron chi connectivity index (χ1n) is 5.22. The summed E-state index contributed by atoms with van der Waals surface area (Å²) in [4.78, 5) is 11.0. The van der Waals surface area contributed by atoms with Crippen LogP contribution in [0.2, 0.25) is 5.02 Å². The van der Waals surface area contributed by atoms with Gasteiger partial charge in [-0.15, -0.1) is 0 Å². The van der Waals surface area contributed by atoms with Crippen LogP contribution in [0.15, 0.2) is 24.4 Å². The molecule has 0 aliphatic carbocycles. The molecule has 0 fully saturated rings. The average molecular weight is 253 g/mol. The second-order valence-corrected chi connectivity index (χ2v) is 4.40. The van der Waals surface area contributed by atoms with Crippen molar-refractivity contribution in [2.24, 2.45) is 12.8 Å². The van der Waals surface area contributed by atoms with E-state index < -0.39 is 11.9 Å². The molecule has 1 atom stereocenters. The van der Waals surface area contributed by atoms with Crippen LogP contribution in [-0.2, 0) is 11.8 Å². The van der Waals surface area contributed by atoms with Gasteiger partial charge in [0.25, 0.3) is 0 Å². The van der Waals surface area contributed by atoms with E-state index in [1.54, 1.807) is 18.3 Å². The lowest BCUT2D eigenvalue weighted by molar-refractivity contribution is -0.138. The second-order valence-electron chi connectivity index (χ2n) is 3.99. The number of aliphatic carboxylic acids is 1. The molecular formula is C12H13ClN2O2. The van der Waals surface area contributed by atoms with Gasteiger partial charge < -0.3 is 15.4 Å². The molecule has 0 radical (unpaired) electrons. The molecule has 0 aliphatic rings. The maximum absolute atomic E-state index is 11.0. The van der Waals surface area contributed by atoms with Crippen molar-refractivity contribution in [3.8, 4) is 0 Å². The van der Waals surface area contributed by atoms with Gasteiger partial charge in [0.05, 0.1) is 10.9 Å². The minimum absolute atomic E-state index is 0.0747. The third-order valence-corrected chi connectivity index (χ3v) is 3.20. The highest BCUT2D eigenvalue weighted by atomic mass is 35.5. The first-order chi connectivity index (χ1) is 8.04. The van der Waals surface area contributed by atoms with E-state index in [-0.39, 0.29) is 6.54 Å². The molecule has 4 nitrogen and oxygen atoms in total. The minimum Gasteiger partial charge on any atom is -0.481 e. The summed E-state index contributed by atoms with van der Waals surface area (Å²) < 4.78 is 1.90. The second kappa shape index (κ2) is 4.39. The number of rotatable bonds is 3. The van der Waals surface area contributed by atoms with Crippen molar-refractivity contribution >= 4 is 28.5 Å². The fourth-order valence-corrected chi connectivity index (χ4v) is 2.26. The van der Waals surface area contributed by atoms with E-state index >= 15 is 0 Å². The topological polar surface area (TPSA) is 68.2 Å². The number of aryl methyl sites for hydroxylation is 1. The van der Waals surface area contributed by atoms with Crippen molar-refractivity contribution in [2.75, 3.05) is 6.54 Å². The van der Waals surface area contributed by atoms with E-state index in [2.05, 4.69) is 0 Å². The maximum Gasteiger partial charge on any atom is 0.312 e. The molecule has 2 aromatic rings. The third kappa shape index (κ3) is 2.01. The number of aromatic nitrogens is 1. The van der Waals surface area contributed by atoms with Crippen LogP contribution in [0.3, 0.4) is 0 Å². The summed E-state index contributed by atoms with van der Waals surface area (Å²) in [6.07, 6.45) is 1.80. The van der Waals surface area contributed by atoms with Crippen LogP contribution in [0.5, 0.6) is 0 Å². The predicted molar refractivity (Wildman–Crippen MR) is 67.4 cm³/mol. The number of fused-ring (bicyclic) bond motifs is 1. The summed E-state index contributed by atoms with van der Waals surface area (Å²) >= 11 is 6.08.